The fraction of sp³-hybridized carbons (Fsp3) is 0.0909. The molecular formula is C11H7ClO4. The summed E-state index contributed by atoms with van der Waals surface area (Å²) in [6.45, 7) is 0. The molecule has 0 saturated heterocycles. The quantitative estimate of drug-likeness (QED) is 0.595. The molecule has 1 aromatic carbocycles. The van der Waals surface area contributed by atoms with Crippen molar-refractivity contribution in [3.05, 3.63) is 39.2 Å². The molecule has 1 aromatic heterocycles. The van der Waals surface area contributed by atoms with Crippen LogP contribution in [0.1, 0.15) is 10.4 Å². The van der Waals surface area contributed by atoms with Gasteiger partial charge in [0.05, 0.1) is 12.1 Å². The molecule has 0 N–H and O–H groups in total. The fourth-order valence-electron chi connectivity index (χ4n) is 1.44. The Balaban J connectivity index is 2.97. The number of benzene rings is 1. The van der Waals surface area contributed by atoms with E-state index in [2.05, 4.69) is 0 Å². The molecule has 0 spiro atoms. The van der Waals surface area contributed by atoms with Gasteiger partial charge in [0.1, 0.15) is 5.56 Å². The minimum absolute atomic E-state index is 0.0835. The predicted molar refractivity (Wildman–Crippen MR) is 59.4 cm³/mol. The van der Waals surface area contributed by atoms with Crippen LogP contribution in [0.25, 0.3) is 11.0 Å². The van der Waals surface area contributed by atoms with E-state index in [1.165, 1.54) is 7.11 Å². The summed E-state index contributed by atoms with van der Waals surface area (Å²) in [7, 11) is 1.45. The smallest absolute Gasteiger partial charge is 0.348 e. The van der Waals surface area contributed by atoms with E-state index in [1.54, 1.807) is 18.2 Å². The van der Waals surface area contributed by atoms with Gasteiger partial charge in [-0.2, -0.15) is 0 Å². The molecule has 2 rings (SSSR count). The van der Waals surface area contributed by atoms with E-state index in [4.69, 9.17) is 20.8 Å². The zero-order valence-corrected chi connectivity index (χ0v) is 9.08. The number of hydrogen-bond donors (Lipinski definition) is 0. The van der Waals surface area contributed by atoms with Crippen LogP contribution in [-0.2, 0) is 0 Å². The maximum absolute atomic E-state index is 11.4. The monoisotopic (exact) mass is 238 g/mol. The SMILES string of the molecule is COc1cccc2c(Cl)c(C=O)c(=O)oc12. The molecule has 5 heteroatoms. The second-order valence-corrected chi connectivity index (χ2v) is 3.45. The summed E-state index contributed by atoms with van der Waals surface area (Å²) < 4.78 is 10.0. The van der Waals surface area contributed by atoms with Crippen LogP contribution in [0.2, 0.25) is 5.02 Å². The van der Waals surface area contributed by atoms with Crippen molar-refractivity contribution in [3.8, 4) is 5.75 Å². The molecule has 2 aromatic rings. The fourth-order valence-corrected chi connectivity index (χ4v) is 1.71. The van der Waals surface area contributed by atoms with Crippen LogP contribution in [0, 0.1) is 0 Å². The first-order chi connectivity index (χ1) is 7.69. The Morgan fingerprint density at radius 3 is 2.81 bits per heavy atom. The van der Waals surface area contributed by atoms with Gasteiger partial charge in [-0.05, 0) is 12.1 Å². The third-order valence-corrected chi connectivity index (χ3v) is 2.61. The average Bonchev–Trinajstić information content (AvgIpc) is 2.29. The molecule has 0 atom stereocenters. The number of methoxy groups -OCH3 is 1. The number of carbonyl (C=O) groups is 1. The average molecular weight is 239 g/mol. The van der Waals surface area contributed by atoms with Crippen LogP contribution in [0.15, 0.2) is 27.4 Å². The first-order valence-electron chi connectivity index (χ1n) is 4.43. The Hall–Kier alpha value is -1.81. The summed E-state index contributed by atoms with van der Waals surface area (Å²) in [5.41, 5.74) is -0.704. The minimum atomic E-state index is -0.767. The largest absolute Gasteiger partial charge is 0.493 e. The van der Waals surface area contributed by atoms with E-state index in [1.807, 2.05) is 0 Å². The van der Waals surface area contributed by atoms with Gasteiger partial charge in [-0.25, -0.2) is 4.79 Å². The number of para-hydroxylation sites is 1. The van der Waals surface area contributed by atoms with Crippen LogP contribution < -0.4 is 10.4 Å². The summed E-state index contributed by atoms with van der Waals surface area (Å²) in [6.07, 6.45) is 0.382. The van der Waals surface area contributed by atoms with Gasteiger partial charge in [-0.1, -0.05) is 17.7 Å². The molecule has 0 unspecified atom stereocenters. The molecule has 82 valence electrons. The van der Waals surface area contributed by atoms with Crippen LogP contribution >= 0.6 is 11.6 Å². The zero-order valence-electron chi connectivity index (χ0n) is 8.32. The molecule has 0 aliphatic rings. The third-order valence-electron chi connectivity index (χ3n) is 2.20. The molecule has 0 aliphatic carbocycles. The van der Waals surface area contributed by atoms with Crippen LogP contribution in [0.4, 0.5) is 0 Å². The van der Waals surface area contributed by atoms with Crippen molar-refractivity contribution < 1.29 is 13.9 Å². The van der Waals surface area contributed by atoms with Crippen molar-refractivity contribution in [2.45, 2.75) is 0 Å². The van der Waals surface area contributed by atoms with Crippen LogP contribution in [0.5, 0.6) is 5.75 Å². The van der Waals surface area contributed by atoms with E-state index in [0.717, 1.165) is 0 Å². The van der Waals surface area contributed by atoms with Crippen molar-refractivity contribution in [2.75, 3.05) is 7.11 Å². The Morgan fingerprint density at radius 1 is 1.44 bits per heavy atom. The highest BCUT2D eigenvalue weighted by molar-refractivity contribution is 6.37. The van der Waals surface area contributed by atoms with Gasteiger partial charge in [-0.3, -0.25) is 4.79 Å². The van der Waals surface area contributed by atoms with E-state index < -0.39 is 5.63 Å². The molecule has 16 heavy (non-hydrogen) atoms. The molecular weight excluding hydrogens is 232 g/mol. The highest BCUT2D eigenvalue weighted by Gasteiger charge is 2.14. The number of fused-ring (bicyclic) bond motifs is 1. The van der Waals surface area contributed by atoms with E-state index in [-0.39, 0.29) is 16.2 Å². The third kappa shape index (κ3) is 1.47. The van der Waals surface area contributed by atoms with Crippen LogP contribution in [-0.4, -0.2) is 13.4 Å². The minimum Gasteiger partial charge on any atom is -0.493 e. The molecule has 0 aliphatic heterocycles. The van der Waals surface area contributed by atoms with Gasteiger partial charge >= 0.3 is 5.63 Å². The van der Waals surface area contributed by atoms with Crippen molar-refractivity contribution in [3.63, 3.8) is 0 Å². The molecule has 1 heterocycles. The van der Waals surface area contributed by atoms with Gasteiger partial charge in [0, 0.05) is 5.39 Å². The molecule has 0 fully saturated rings. The summed E-state index contributed by atoms with van der Waals surface area (Å²) in [5, 5.41) is 0.558. The van der Waals surface area contributed by atoms with Gasteiger partial charge in [0.2, 0.25) is 0 Å². The Kier molecular flexibility index (Phi) is 2.66. The lowest BCUT2D eigenvalue weighted by molar-refractivity contribution is 0.112. The van der Waals surface area contributed by atoms with Crippen molar-refractivity contribution >= 4 is 28.9 Å². The Labute approximate surface area is 95.4 Å². The zero-order chi connectivity index (χ0) is 11.7. The number of ether oxygens (including phenoxy) is 1. The number of aldehydes is 1. The van der Waals surface area contributed by atoms with Crippen molar-refractivity contribution in [1.82, 2.24) is 0 Å². The molecule has 0 amide bonds. The lowest BCUT2D eigenvalue weighted by atomic mass is 10.2. The first kappa shape index (κ1) is 10.7. The Bertz CT molecular complexity index is 615. The second-order valence-electron chi connectivity index (χ2n) is 3.07. The number of carbonyl (C=O) groups excluding carboxylic acids is 1. The summed E-state index contributed by atoms with van der Waals surface area (Å²) in [5.74, 6) is 0.397. The second kappa shape index (κ2) is 3.98. The maximum atomic E-state index is 11.4. The van der Waals surface area contributed by atoms with Gasteiger partial charge in [-0.15, -0.1) is 0 Å². The van der Waals surface area contributed by atoms with Gasteiger partial charge in [0.25, 0.3) is 0 Å². The molecule has 0 saturated carbocycles. The first-order valence-corrected chi connectivity index (χ1v) is 4.81. The van der Waals surface area contributed by atoms with Crippen molar-refractivity contribution in [2.24, 2.45) is 0 Å². The number of hydrogen-bond acceptors (Lipinski definition) is 4. The molecule has 0 radical (unpaired) electrons. The predicted octanol–water partition coefficient (Wildman–Crippen LogP) is 2.27. The van der Waals surface area contributed by atoms with Crippen LogP contribution in [0.3, 0.4) is 0 Å². The number of halogens is 1. The summed E-state index contributed by atoms with van der Waals surface area (Å²) >= 11 is 5.93. The summed E-state index contributed by atoms with van der Waals surface area (Å²) in [6, 6.07) is 4.99. The normalized spacial score (nSPS) is 10.4. The number of rotatable bonds is 2. The molecule has 0 bridgehead atoms. The van der Waals surface area contributed by atoms with Crippen molar-refractivity contribution in [1.29, 1.82) is 0 Å². The lowest BCUT2D eigenvalue weighted by Crippen LogP contribution is -2.07. The summed E-state index contributed by atoms with van der Waals surface area (Å²) in [4.78, 5) is 22.1. The van der Waals surface area contributed by atoms with E-state index in [9.17, 15) is 9.59 Å². The van der Waals surface area contributed by atoms with E-state index >= 15 is 0 Å². The highest BCUT2D eigenvalue weighted by atomic mass is 35.5. The molecule has 4 nitrogen and oxygen atoms in total. The Morgan fingerprint density at radius 2 is 2.19 bits per heavy atom. The highest BCUT2D eigenvalue weighted by Crippen LogP contribution is 2.30. The van der Waals surface area contributed by atoms with E-state index in [0.29, 0.717) is 17.4 Å². The lowest BCUT2D eigenvalue weighted by Gasteiger charge is -2.05. The standard InChI is InChI=1S/C11H7ClO4/c1-15-8-4-2-3-6-9(12)7(5-13)11(14)16-10(6)8/h2-5H,1H3. The van der Waals surface area contributed by atoms with Gasteiger partial charge in [0.15, 0.2) is 17.6 Å². The van der Waals surface area contributed by atoms with Gasteiger partial charge < -0.3 is 9.15 Å². The topological polar surface area (TPSA) is 56.5 Å². The maximum Gasteiger partial charge on any atom is 0.348 e.